The van der Waals surface area contributed by atoms with Gasteiger partial charge in [0, 0.05) is 0 Å². The van der Waals surface area contributed by atoms with E-state index in [1.807, 2.05) is 13.8 Å². The topological polar surface area (TPSA) is 0 Å². The highest BCUT2D eigenvalue weighted by atomic mass is 14.1. The lowest BCUT2D eigenvalue weighted by molar-refractivity contribution is 1.31. The fourth-order valence-electron chi connectivity index (χ4n) is 1.46. The van der Waals surface area contributed by atoms with Crippen molar-refractivity contribution in [1.29, 1.82) is 0 Å². The van der Waals surface area contributed by atoms with Gasteiger partial charge in [0.25, 0.3) is 0 Å². The van der Waals surface area contributed by atoms with Crippen molar-refractivity contribution in [3.05, 3.63) is 41.5 Å². The molecule has 0 N–H and O–H groups in total. The molecule has 1 aliphatic carbocycles. The lowest BCUT2D eigenvalue weighted by Crippen LogP contribution is -1.79. The van der Waals surface area contributed by atoms with E-state index in [0.29, 0.717) is 0 Å². The van der Waals surface area contributed by atoms with Gasteiger partial charge in [0.05, 0.1) is 0 Å². The zero-order chi connectivity index (χ0) is 8.97. The highest BCUT2D eigenvalue weighted by molar-refractivity contribution is 5.71. The van der Waals surface area contributed by atoms with Crippen LogP contribution in [0.1, 0.15) is 31.9 Å². The monoisotopic (exact) mass is 160 g/mol. The minimum atomic E-state index is 1.13. The summed E-state index contributed by atoms with van der Waals surface area (Å²) in [6, 6.07) is 8.59. The number of fused-ring (bicyclic) bond motifs is 1. The third-order valence-corrected chi connectivity index (χ3v) is 2.07. The molecule has 64 valence electrons. The van der Waals surface area contributed by atoms with Gasteiger partial charge in [-0.25, -0.2) is 0 Å². The summed E-state index contributed by atoms with van der Waals surface area (Å²) in [4.78, 5) is 0. The Morgan fingerprint density at radius 1 is 1.08 bits per heavy atom. The Morgan fingerprint density at radius 2 is 1.75 bits per heavy atom. The minimum absolute atomic E-state index is 1.13. The summed E-state index contributed by atoms with van der Waals surface area (Å²) in [6.07, 6.45) is 3.41. The van der Waals surface area contributed by atoms with Crippen LogP contribution in [-0.4, -0.2) is 0 Å². The molecule has 1 aromatic rings. The second-order valence-electron chi connectivity index (χ2n) is 2.75. The van der Waals surface area contributed by atoms with Crippen LogP contribution in [0.4, 0.5) is 0 Å². The zero-order valence-corrected chi connectivity index (χ0v) is 8.09. The largest absolute Gasteiger partial charge is 0.0766 e. The van der Waals surface area contributed by atoms with Crippen LogP contribution in [0.3, 0.4) is 0 Å². The van der Waals surface area contributed by atoms with Crippen molar-refractivity contribution in [2.75, 3.05) is 0 Å². The smallest absolute Gasteiger partial charge is 0.00855 e. The quantitative estimate of drug-likeness (QED) is 0.543. The number of allylic oxidation sites excluding steroid dienone is 2. The predicted molar refractivity (Wildman–Crippen MR) is 55.1 cm³/mol. The molecular weight excluding hydrogens is 144 g/mol. The Morgan fingerprint density at radius 3 is 2.42 bits per heavy atom. The molecule has 0 aliphatic heterocycles. The van der Waals surface area contributed by atoms with Crippen LogP contribution in [0.2, 0.25) is 0 Å². The Labute approximate surface area is 74.9 Å². The van der Waals surface area contributed by atoms with E-state index in [-0.39, 0.29) is 0 Å². The van der Waals surface area contributed by atoms with E-state index in [0.717, 1.165) is 6.42 Å². The van der Waals surface area contributed by atoms with Crippen molar-refractivity contribution < 1.29 is 0 Å². The normalized spacial score (nSPS) is 12.8. The van der Waals surface area contributed by atoms with Crippen molar-refractivity contribution in [2.24, 2.45) is 0 Å². The predicted octanol–water partition coefficient (Wildman–Crippen LogP) is 3.67. The van der Waals surface area contributed by atoms with Crippen molar-refractivity contribution in [3.63, 3.8) is 0 Å². The zero-order valence-electron chi connectivity index (χ0n) is 8.09. The second-order valence-corrected chi connectivity index (χ2v) is 2.75. The Balaban J connectivity index is 0.000000336. The second kappa shape index (κ2) is 4.10. The first-order valence-corrected chi connectivity index (χ1v) is 4.63. The van der Waals surface area contributed by atoms with Gasteiger partial charge in [-0.05, 0) is 30.0 Å². The average molecular weight is 160 g/mol. The summed E-state index contributed by atoms with van der Waals surface area (Å²) >= 11 is 0. The molecule has 0 bridgehead atoms. The van der Waals surface area contributed by atoms with Crippen molar-refractivity contribution in [2.45, 2.75) is 27.2 Å². The van der Waals surface area contributed by atoms with Gasteiger partial charge in [-0.2, -0.15) is 0 Å². The highest BCUT2D eigenvalue weighted by Crippen LogP contribution is 2.25. The van der Waals surface area contributed by atoms with Gasteiger partial charge in [0.2, 0.25) is 0 Å². The fraction of sp³-hybridized carbons (Fsp3) is 0.333. The molecule has 0 aromatic heterocycles. The maximum atomic E-state index is 2.28. The van der Waals surface area contributed by atoms with E-state index < -0.39 is 0 Å². The van der Waals surface area contributed by atoms with E-state index in [4.69, 9.17) is 0 Å². The standard InChI is InChI=1S/C10H10.C2H6/c1-8-6-7-9-4-2-3-5-10(8)9;1-2/h2-6H,7H2,1H3;1-2H3. The fourth-order valence-corrected chi connectivity index (χ4v) is 1.46. The van der Waals surface area contributed by atoms with Crippen molar-refractivity contribution in [3.8, 4) is 0 Å². The molecule has 0 unspecified atom stereocenters. The van der Waals surface area contributed by atoms with E-state index in [9.17, 15) is 0 Å². The van der Waals surface area contributed by atoms with Gasteiger partial charge in [0.1, 0.15) is 0 Å². The number of hydrogen-bond donors (Lipinski definition) is 0. The molecule has 0 saturated carbocycles. The van der Waals surface area contributed by atoms with Crippen LogP contribution in [-0.2, 0) is 6.42 Å². The van der Waals surface area contributed by atoms with Gasteiger partial charge in [-0.3, -0.25) is 0 Å². The third-order valence-electron chi connectivity index (χ3n) is 2.07. The van der Waals surface area contributed by atoms with Gasteiger partial charge in [-0.15, -0.1) is 0 Å². The summed E-state index contributed by atoms with van der Waals surface area (Å²) in [5, 5.41) is 0. The van der Waals surface area contributed by atoms with E-state index >= 15 is 0 Å². The molecular formula is C12H16. The first-order chi connectivity index (χ1) is 5.88. The minimum Gasteiger partial charge on any atom is -0.0766 e. The maximum absolute atomic E-state index is 2.28. The lowest BCUT2D eigenvalue weighted by Gasteiger charge is -1.97. The van der Waals surface area contributed by atoms with Gasteiger partial charge in [-0.1, -0.05) is 44.2 Å². The molecule has 0 spiro atoms. The first kappa shape index (κ1) is 9.05. The highest BCUT2D eigenvalue weighted by Gasteiger charge is 2.07. The molecule has 1 aliphatic rings. The SMILES string of the molecule is CC.CC1=CCc2ccccc21. The number of rotatable bonds is 0. The molecule has 0 heterocycles. The lowest BCUT2D eigenvalue weighted by atomic mass is 10.1. The molecule has 0 saturated heterocycles. The molecule has 12 heavy (non-hydrogen) atoms. The van der Waals surface area contributed by atoms with E-state index in [2.05, 4.69) is 37.3 Å². The summed E-state index contributed by atoms with van der Waals surface area (Å²) in [5.74, 6) is 0. The van der Waals surface area contributed by atoms with Crippen LogP contribution in [0.15, 0.2) is 30.3 Å². The molecule has 0 radical (unpaired) electrons. The third kappa shape index (κ3) is 1.58. The molecule has 0 amide bonds. The molecule has 2 rings (SSSR count). The molecule has 0 atom stereocenters. The van der Waals surface area contributed by atoms with Gasteiger partial charge in [0.15, 0.2) is 0 Å². The number of benzene rings is 1. The Bertz CT molecular complexity index is 282. The maximum Gasteiger partial charge on any atom is -0.00855 e. The van der Waals surface area contributed by atoms with Crippen molar-refractivity contribution >= 4 is 5.57 Å². The number of hydrogen-bond acceptors (Lipinski definition) is 0. The first-order valence-electron chi connectivity index (χ1n) is 4.63. The average Bonchev–Trinajstić information content (AvgIpc) is 2.53. The van der Waals surface area contributed by atoms with Crippen LogP contribution in [0.25, 0.3) is 5.57 Å². The Kier molecular flexibility index (Phi) is 3.09. The summed E-state index contributed by atoms with van der Waals surface area (Å²) in [6.45, 7) is 6.17. The molecule has 0 heteroatoms. The van der Waals surface area contributed by atoms with Gasteiger partial charge >= 0.3 is 0 Å². The molecule has 0 nitrogen and oxygen atoms in total. The van der Waals surface area contributed by atoms with Gasteiger partial charge < -0.3 is 0 Å². The van der Waals surface area contributed by atoms with E-state index in [1.54, 1.807) is 0 Å². The van der Waals surface area contributed by atoms with Crippen molar-refractivity contribution in [1.82, 2.24) is 0 Å². The Hall–Kier alpha value is -1.04. The molecule has 0 fully saturated rings. The van der Waals surface area contributed by atoms with Crippen LogP contribution < -0.4 is 0 Å². The van der Waals surface area contributed by atoms with Crippen LogP contribution >= 0.6 is 0 Å². The van der Waals surface area contributed by atoms with Crippen LogP contribution in [0, 0.1) is 0 Å². The molecule has 1 aromatic carbocycles. The van der Waals surface area contributed by atoms with E-state index in [1.165, 1.54) is 16.7 Å². The summed E-state index contributed by atoms with van der Waals surface area (Å²) in [7, 11) is 0. The van der Waals surface area contributed by atoms with Crippen LogP contribution in [0.5, 0.6) is 0 Å². The summed E-state index contributed by atoms with van der Waals surface area (Å²) < 4.78 is 0. The summed E-state index contributed by atoms with van der Waals surface area (Å²) in [5.41, 5.74) is 4.33.